The van der Waals surface area contributed by atoms with Crippen LogP contribution in [0.3, 0.4) is 0 Å². The number of ether oxygens (including phenoxy) is 7. The molecule has 0 saturated heterocycles. The van der Waals surface area contributed by atoms with Crippen LogP contribution in [0.5, 0.6) is 28.7 Å². The monoisotopic (exact) mass is 1070 g/mol. The number of hydrogen-bond donors (Lipinski definition) is 1. The second-order valence-corrected chi connectivity index (χ2v) is 32.4. The van der Waals surface area contributed by atoms with E-state index >= 15 is 0 Å². The molecular weight excluding hydrogens is 1010 g/mol. The summed E-state index contributed by atoms with van der Waals surface area (Å²) in [5, 5.41) is 0. The number of fused-ring (bicyclic) bond motifs is 4. The van der Waals surface area contributed by atoms with Gasteiger partial charge < -0.3 is 48.7 Å². The number of alkyl halides is 3. The highest BCUT2D eigenvalue weighted by molar-refractivity contribution is 6.76. The summed E-state index contributed by atoms with van der Waals surface area (Å²) in [6, 6.07) is 18.8. The Morgan fingerprint density at radius 3 is 1.39 bits per heavy atom. The highest BCUT2D eigenvalue weighted by atomic mass is 28.3. The molecule has 4 aliphatic rings. The number of nitrogens with two attached hydrogens (primary N) is 1. The minimum Gasteiger partial charge on any atom is -0.493 e. The number of methoxy groups -OCH3 is 2. The molecule has 2 N–H and O–H groups in total. The van der Waals surface area contributed by atoms with Gasteiger partial charge in [-0.05, 0) is 70.8 Å². The first-order chi connectivity index (χ1) is 35.5. The number of halogens is 3. The highest BCUT2D eigenvalue weighted by Crippen LogP contribution is 2.44. The van der Waals surface area contributed by atoms with Gasteiger partial charge in [-0.25, -0.2) is 0 Å². The topological polar surface area (TPSA) is 172 Å². The molecule has 0 saturated carbocycles. The fraction of sp³-hybridized carbons (Fsp3) is 0.407. The predicted molar refractivity (Wildman–Crippen MR) is 284 cm³/mol. The SMILES string of the molecule is COc1cc2c(cc1OCCCOc1cc3c(cc1OC)C(=O)N1C=C(c4ccc(OC(F)(F)F)cc4)C[C@H]1C(=O)N3COCC[Si](C)(C)C)N(COCC[Si](C)(C)C)C(=O)[C@@H]1CC(c3ccc(N)cc3)=CN1C2=O. The molecule has 4 aliphatic heterocycles. The third-order valence-corrected chi connectivity index (χ3v) is 16.7. The Balaban J connectivity index is 1.01. The van der Waals surface area contributed by atoms with Crippen molar-refractivity contribution < 1.29 is 65.5 Å². The second kappa shape index (κ2) is 22.2. The third kappa shape index (κ3) is 12.7. The van der Waals surface area contributed by atoms with Gasteiger partial charge in [0, 0.05) is 78.8 Å². The van der Waals surface area contributed by atoms with Gasteiger partial charge in [0.2, 0.25) is 0 Å². The van der Waals surface area contributed by atoms with Crippen molar-refractivity contribution >= 4 is 68.0 Å². The standard InChI is InChI=1S/C54H64F3N5O11Si2/c1-67-46-26-40-42(61(32-69-20-22-74(3,4)5)52(65)44-24-36(30-59(44)50(40)63)34-10-14-38(58)15-11-34)28-48(46)71-18-9-19-72-49-29-43-41(27-47(49)68-2)51(64)60-31-37(35-12-16-39(17-13-35)73-54(55,56)57)25-45(60)53(66)62(43)33-70-21-23-75(6,7)8/h10-17,26-31,44-45H,9,18-25,32-33,58H2,1-8H3/t44-,45-/m0/s1. The number of carbonyl (C=O) groups excluding carboxylic acids is 4. The van der Waals surface area contributed by atoms with Crippen LogP contribution in [0.2, 0.25) is 51.4 Å². The van der Waals surface area contributed by atoms with Gasteiger partial charge in [0.25, 0.3) is 23.6 Å². The van der Waals surface area contributed by atoms with Gasteiger partial charge in [0.15, 0.2) is 23.0 Å². The summed E-state index contributed by atoms with van der Waals surface area (Å²) >= 11 is 0. The molecule has 75 heavy (non-hydrogen) atoms. The molecule has 4 amide bonds. The largest absolute Gasteiger partial charge is 0.573 e. The normalized spacial score (nSPS) is 17.7. The lowest BCUT2D eigenvalue weighted by Gasteiger charge is -2.27. The number of amides is 4. The number of nitrogens with zero attached hydrogens (tertiary/aromatic N) is 4. The molecule has 0 unspecified atom stereocenters. The van der Waals surface area contributed by atoms with Crippen LogP contribution >= 0.6 is 0 Å². The molecule has 4 aromatic rings. The zero-order chi connectivity index (χ0) is 54.0. The maximum atomic E-state index is 14.6. The number of benzene rings is 4. The Morgan fingerprint density at radius 2 is 1.00 bits per heavy atom. The molecule has 4 heterocycles. The number of carbonyl (C=O) groups is 4. The van der Waals surface area contributed by atoms with Crippen LogP contribution in [0, 0.1) is 0 Å². The van der Waals surface area contributed by atoms with Gasteiger partial charge in [0.1, 0.15) is 31.3 Å². The zero-order valence-corrected chi connectivity index (χ0v) is 45.5. The van der Waals surface area contributed by atoms with Crippen molar-refractivity contribution in [1.29, 1.82) is 0 Å². The van der Waals surface area contributed by atoms with E-state index in [0.717, 1.165) is 23.2 Å². The van der Waals surface area contributed by atoms with Crippen LogP contribution in [0.1, 0.15) is 51.1 Å². The average Bonchev–Trinajstić information content (AvgIpc) is 3.99. The molecule has 21 heteroatoms. The lowest BCUT2D eigenvalue weighted by Crippen LogP contribution is -2.45. The van der Waals surface area contributed by atoms with E-state index in [1.54, 1.807) is 42.7 Å². The van der Waals surface area contributed by atoms with Crippen LogP contribution in [0.25, 0.3) is 11.1 Å². The van der Waals surface area contributed by atoms with E-state index in [-0.39, 0.29) is 79.0 Å². The zero-order valence-electron chi connectivity index (χ0n) is 43.5. The number of hydrogen-bond acceptors (Lipinski definition) is 12. The molecule has 0 aliphatic carbocycles. The molecule has 0 spiro atoms. The third-order valence-electron chi connectivity index (χ3n) is 13.2. The number of anilines is 3. The molecule has 0 bridgehead atoms. The van der Waals surface area contributed by atoms with Crippen molar-refractivity contribution in [3.05, 3.63) is 107 Å². The summed E-state index contributed by atoms with van der Waals surface area (Å²) in [6.07, 6.45) is -0.863. The van der Waals surface area contributed by atoms with Crippen molar-refractivity contribution in [2.24, 2.45) is 0 Å². The predicted octanol–water partition coefficient (Wildman–Crippen LogP) is 9.86. The highest BCUT2D eigenvalue weighted by Gasteiger charge is 2.45. The molecule has 0 aromatic heterocycles. The second-order valence-electron chi connectivity index (χ2n) is 21.2. The van der Waals surface area contributed by atoms with Crippen molar-refractivity contribution in [2.75, 3.05) is 69.6 Å². The van der Waals surface area contributed by atoms with E-state index in [2.05, 4.69) is 44.0 Å². The van der Waals surface area contributed by atoms with Crippen LogP contribution in [-0.4, -0.2) is 122 Å². The van der Waals surface area contributed by atoms with Gasteiger partial charge in [-0.2, -0.15) is 0 Å². The number of nitrogen functional groups attached to an aromatic ring is 1. The number of rotatable bonds is 21. The van der Waals surface area contributed by atoms with Crippen LogP contribution < -0.4 is 39.2 Å². The summed E-state index contributed by atoms with van der Waals surface area (Å²) in [5.41, 5.74) is 10.3. The van der Waals surface area contributed by atoms with Crippen LogP contribution in [0.15, 0.2) is 85.2 Å². The summed E-state index contributed by atoms with van der Waals surface area (Å²) in [5.74, 6) is -0.939. The van der Waals surface area contributed by atoms with Crippen LogP contribution in [-0.2, 0) is 19.1 Å². The van der Waals surface area contributed by atoms with Gasteiger partial charge in [-0.3, -0.25) is 29.0 Å². The minimum atomic E-state index is -4.86. The fourth-order valence-corrected chi connectivity index (χ4v) is 10.6. The first kappa shape index (κ1) is 54.4. The first-order valence-corrected chi connectivity index (χ1v) is 32.2. The summed E-state index contributed by atoms with van der Waals surface area (Å²) in [6.45, 7) is 14.2. The molecular formula is C54H64F3N5O11Si2. The van der Waals surface area contributed by atoms with Crippen LogP contribution in [0.4, 0.5) is 30.2 Å². The van der Waals surface area contributed by atoms with Gasteiger partial charge in [0.05, 0.1) is 49.9 Å². The van der Waals surface area contributed by atoms with Crippen molar-refractivity contribution in [3.63, 3.8) is 0 Å². The van der Waals surface area contributed by atoms with E-state index in [1.165, 1.54) is 64.2 Å². The Kier molecular flexibility index (Phi) is 16.1. The molecule has 400 valence electrons. The Hall–Kier alpha value is -6.82. The van der Waals surface area contributed by atoms with E-state index in [9.17, 15) is 32.3 Å². The lowest BCUT2D eigenvalue weighted by atomic mass is 10.0. The van der Waals surface area contributed by atoms with E-state index in [0.29, 0.717) is 54.3 Å². The van der Waals surface area contributed by atoms with Crippen molar-refractivity contribution in [1.82, 2.24) is 9.80 Å². The molecule has 0 radical (unpaired) electrons. The summed E-state index contributed by atoms with van der Waals surface area (Å²) in [4.78, 5) is 63.8. The van der Waals surface area contributed by atoms with E-state index < -0.39 is 52.2 Å². The molecule has 2 atom stereocenters. The maximum Gasteiger partial charge on any atom is 0.573 e. The Morgan fingerprint density at radius 1 is 0.587 bits per heavy atom. The van der Waals surface area contributed by atoms with Crippen molar-refractivity contribution in [3.8, 4) is 28.7 Å². The van der Waals surface area contributed by atoms with Gasteiger partial charge in [-0.1, -0.05) is 63.5 Å². The smallest absolute Gasteiger partial charge is 0.493 e. The quantitative estimate of drug-likeness (QED) is 0.0477. The Labute approximate surface area is 436 Å². The molecule has 16 nitrogen and oxygen atoms in total. The summed E-state index contributed by atoms with van der Waals surface area (Å²) in [7, 11) is -0.0857. The van der Waals surface area contributed by atoms with E-state index in [4.69, 9.17) is 34.2 Å². The van der Waals surface area contributed by atoms with E-state index in [1.807, 2.05) is 12.1 Å². The molecule has 8 rings (SSSR count). The lowest BCUT2D eigenvalue weighted by molar-refractivity contribution is -0.274. The Bertz CT molecular complexity index is 2870. The first-order valence-electron chi connectivity index (χ1n) is 24.8. The molecule has 0 fully saturated rings. The fourth-order valence-electron chi connectivity index (χ4n) is 9.07. The summed E-state index contributed by atoms with van der Waals surface area (Å²) < 4.78 is 79.1. The van der Waals surface area contributed by atoms with Crippen molar-refractivity contribution in [2.45, 2.75) is 89.1 Å². The van der Waals surface area contributed by atoms with Gasteiger partial charge in [-0.15, -0.1) is 13.2 Å². The minimum absolute atomic E-state index is 0.0788. The maximum absolute atomic E-state index is 14.6. The van der Waals surface area contributed by atoms with Gasteiger partial charge >= 0.3 is 6.36 Å². The molecule has 4 aromatic carbocycles. The average molecular weight is 1070 g/mol.